The van der Waals surface area contributed by atoms with Gasteiger partial charge >= 0.3 is 5.97 Å². The minimum Gasteiger partial charge on any atom is -0.478 e. The van der Waals surface area contributed by atoms with Gasteiger partial charge in [0.1, 0.15) is 11.3 Å². The molecule has 0 bridgehead atoms. The zero-order valence-electron chi connectivity index (χ0n) is 18.9. The predicted octanol–water partition coefficient (Wildman–Crippen LogP) is 5.90. The first-order valence-corrected chi connectivity index (χ1v) is 10.8. The lowest BCUT2D eigenvalue weighted by Gasteiger charge is -2.25. The summed E-state index contributed by atoms with van der Waals surface area (Å²) in [6.45, 7) is 9.59. The molecule has 31 heavy (non-hydrogen) atoms. The van der Waals surface area contributed by atoms with E-state index in [1.165, 1.54) is 13.8 Å². The average Bonchev–Trinajstić information content (AvgIpc) is 3.15. The fraction of sp³-hybridized carbons (Fsp3) is 0.440. The molecular formula is C25H32N2O4. The number of nitrogens with zero attached hydrogens (tertiary/aromatic N) is 1. The Morgan fingerprint density at radius 3 is 2.39 bits per heavy atom. The van der Waals surface area contributed by atoms with Gasteiger partial charge in [0.05, 0.1) is 6.04 Å². The molecule has 2 N–H and O–H groups in total. The van der Waals surface area contributed by atoms with Gasteiger partial charge in [-0.05, 0) is 62.4 Å². The van der Waals surface area contributed by atoms with E-state index in [-0.39, 0.29) is 12.1 Å². The van der Waals surface area contributed by atoms with Gasteiger partial charge in [0.15, 0.2) is 11.2 Å². The van der Waals surface area contributed by atoms with Crippen LogP contribution in [0.4, 0.5) is 0 Å². The molecule has 6 heteroatoms. The highest BCUT2D eigenvalue weighted by Gasteiger charge is 2.29. The summed E-state index contributed by atoms with van der Waals surface area (Å²) in [5.74, 6) is 0.707. The van der Waals surface area contributed by atoms with E-state index in [0.29, 0.717) is 17.6 Å². The summed E-state index contributed by atoms with van der Waals surface area (Å²) in [5, 5.41) is 13.0. The quantitative estimate of drug-likeness (QED) is 0.422. The number of carboxylic acids is 1. The number of hydrogen-bond donors (Lipinski definition) is 2. The van der Waals surface area contributed by atoms with Gasteiger partial charge < -0.3 is 14.3 Å². The van der Waals surface area contributed by atoms with Crippen molar-refractivity contribution in [1.82, 2.24) is 10.3 Å². The third-order valence-corrected chi connectivity index (χ3v) is 5.30. The first-order valence-electron chi connectivity index (χ1n) is 10.8. The molecule has 166 valence electrons. The SMILES string of the molecule is CCC(NC(CC(C)C)c1nc2ccccc2o1)c1ccc(OC(C)(C)C(=O)O)cc1. The van der Waals surface area contributed by atoms with Crippen LogP contribution < -0.4 is 10.1 Å². The maximum atomic E-state index is 11.3. The van der Waals surface area contributed by atoms with Crippen LogP contribution in [-0.4, -0.2) is 21.7 Å². The third-order valence-electron chi connectivity index (χ3n) is 5.30. The van der Waals surface area contributed by atoms with Gasteiger partial charge in [0.2, 0.25) is 5.89 Å². The van der Waals surface area contributed by atoms with Crippen molar-refractivity contribution in [1.29, 1.82) is 0 Å². The number of carboxylic acid groups (broad SMARTS) is 1. The van der Waals surface area contributed by atoms with Crippen LogP contribution in [0.25, 0.3) is 11.1 Å². The zero-order chi connectivity index (χ0) is 22.6. The Balaban J connectivity index is 1.80. The summed E-state index contributed by atoms with van der Waals surface area (Å²) in [5.41, 5.74) is 1.49. The van der Waals surface area contributed by atoms with E-state index < -0.39 is 11.6 Å². The maximum Gasteiger partial charge on any atom is 0.347 e. The minimum atomic E-state index is -1.28. The Kier molecular flexibility index (Phi) is 7.01. The molecule has 0 aliphatic rings. The second-order valence-corrected chi connectivity index (χ2v) is 8.82. The smallest absolute Gasteiger partial charge is 0.347 e. The van der Waals surface area contributed by atoms with Crippen LogP contribution >= 0.6 is 0 Å². The topological polar surface area (TPSA) is 84.6 Å². The minimum absolute atomic E-state index is 0.0146. The summed E-state index contributed by atoms with van der Waals surface area (Å²) in [6.07, 6.45) is 1.78. The van der Waals surface area contributed by atoms with Crippen molar-refractivity contribution >= 4 is 17.1 Å². The van der Waals surface area contributed by atoms with E-state index in [9.17, 15) is 9.90 Å². The second kappa shape index (κ2) is 9.52. The van der Waals surface area contributed by atoms with Crippen molar-refractivity contribution in [3.05, 3.63) is 60.0 Å². The highest BCUT2D eigenvalue weighted by Crippen LogP contribution is 2.30. The first kappa shape index (κ1) is 22.8. The second-order valence-electron chi connectivity index (χ2n) is 8.82. The van der Waals surface area contributed by atoms with Gasteiger partial charge in [0, 0.05) is 6.04 Å². The average molecular weight is 425 g/mol. The fourth-order valence-corrected chi connectivity index (χ4v) is 3.55. The molecule has 3 rings (SSSR count). The van der Waals surface area contributed by atoms with Crippen molar-refractivity contribution in [3.8, 4) is 5.75 Å². The molecule has 0 saturated carbocycles. The molecule has 0 fully saturated rings. The molecule has 0 aliphatic heterocycles. The number of hydrogen-bond acceptors (Lipinski definition) is 5. The van der Waals surface area contributed by atoms with Crippen LogP contribution in [0.5, 0.6) is 5.75 Å². The Morgan fingerprint density at radius 1 is 1.13 bits per heavy atom. The number of benzene rings is 2. The van der Waals surface area contributed by atoms with Gasteiger partial charge in [-0.2, -0.15) is 0 Å². The number of oxazole rings is 1. The van der Waals surface area contributed by atoms with Gasteiger partial charge in [0.25, 0.3) is 0 Å². The summed E-state index contributed by atoms with van der Waals surface area (Å²) in [4.78, 5) is 16.0. The highest BCUT2D eigenvalue weighted by atomic mass is 16.5. The summed E-state index contributed by atoms with van der Waals surface area (Å²) < 4.78 is 11.7. The number of carbonyl (C=O) groups is 1. The van der Waals surface area contributed by atoms with E-state index in [1.807, 2.05) is 48.5 Å². The lowest BCUT2D eigenvalue weighted by Crippen LogP contribution is -2.37. The number of rotatable bonds is 10. The Morgan fingerprint density at radius 2 is 1.81 bits per heavy atom. The lowest BCUT2D eigenvalue weighted by molar-refractivity contribution is -0.152. The van der Waals surface area contributed by atoms with E-state index in [4.69, 9.17) is 14.1 Å². The predicted molar refractivity (Wildman–Crippen MR) is 121 cm³/mol. The van der Waals surface area contributed by atoms with Crippen molar-refractivity contribution in [2.75, 3.05) is 0 Å². The van der Waals surface area contributed by atoms with Gasteiger partial charge in [-0.25, -0.2) is 9.78 Å². The number of nitrogens with one attached hydrogen (secondary N) is 1. The molecule has 0 amide bonds. The molecule has 1 heterocycles. The van der Waals surface area contributed by atoms with E-state index >= 15 is 0 Å². The zero-order valence-corrected chi connectivity index (χ0v) is 18.9. The number of aromatic nitrogens is 1. The summed E-state index contributed by atoms with van der Waals surface area (Å²) in [7, 11) is 0. The monoisotopic (exact) mass is 424 g/mol. The lowest BCUT2D eigenvalue weighted by atomic mass is 9.99. The van der Waals surface area contributed by atoms with Crippen molar-refractivity contribution < 1.29 is 19.1 Å². The van der Waals surface area contributed by atoms with E-state index in [0.717, 1.165) is 29.5 Å². The Bertz CT molecular complexity index is 975. The van der Waals surface area contributed by atoms with Crippen LogP contribution in [0.2, 0.25) is 0 Å². The van der Waals surface area contributed by atoms with E-state index in [1.54, 1.807) is 0 Å². The molecule has 3 aromatic rings. The fourth-order valence-electron chi connectivity index (χ4n) is 3.55. The van der Waals surface area contributed by atoms with Crippen molar-refractivity contribution in [3.63, 3.8) is 0 Å². The van der Waals surface area contributed by atoms with Crippen LogP contribution in [0.15, 0.2) is 52.9 Å². The molecular weight excluding hydrogens is 392 g/mol. The van der Waals surface area contributed by atoms with Crippen LogP contribution in [0.3, 0.4) is 0 Å². The number of ether oxygens (including phenoxy) is 1. The molecule has 2 unspecified atom stereocenters. The number of fused-ring (bicyclic) bond motifs is 1. The van der Waals surface area contributed by atoms with Crippen LogP contribution in [-0.2, 0) is 4.79 Å². The number of aliphatic carboxylic acids is 1. The first-order chi connectivity index (χ1) is 14.7. The van der Waals surface area contributed by atoms with Crippen LogP contribution in [0.1, 0.15) is 71.0 Å². The third kappa shape index (κ3) is 5.64. The molecule has 0 aliphatic carbocycles. The normalized spacial score (nSPS) is 14.0. The van der Waals surface area contributed by atoms with Crippen LogP contribution in [0, 0.1) is 5.92 Å². The molecule has 0 saturated heterocycles. The molecule has 0 radical (unpaired) electrons. The Labute approximate surface area is 183 Å². The number of para-hydroxylation sites is 2. The molecule has 2 atom stereocenters. The Hall–Kier alpha value is -2.86. The van der Waals surface area contributed by atoms with Crippen molar-refractivity contribution in [2.45, 2.75) is 65.1 Å². The molecule has 0 spiro atoms. The summed E-state index contributed by atoms with van der Waals surface area (Å²) >= 11 is 0. The largest absolute Gasteiger partial charge is 0.478 e. The van der Waals surface area contributed by atoms with Gasteiger partial charge in [-0.15, -0.1) is 0 Å². The standard InChI is InChI=1S/C25H32N2O4/c1-6-19(17-11-13-18(14-12-17)31-25(4,5)24(28)29)26-21(15-16(2)3)23-27-20-9-7-8-10-22(20)30-23/h7-14,16,19,21,26H,6,15H2,1-5H3,(H,28,29). The molecule has 6 nitrogen and oxygen atoms in total. The molecule has 1 aromatic heterocycles. The van der Waals surface area contributed by atoms with E-state index in [2.05, 4.69) is 26.1 Å². The maximum absolute atomic E-state index is 11.3. The van der Waals surface area contributed by atoms with Gasteiger partial charge in [-0.1, -0.05) is 45.0 Å². The molecule has 2 aromatic carbocycles. The van der Waals surface area contributed by atoms with Gasteiger partial charge in [-0.3, -0.25) is 5.32 Å². The highest BCUT2D eigenvalue weighted by molar-refractivity contribution is 5.76. The summed E-state index contributed by atoms with van der Waals surface area (Å²) in [6, 6.07) is 15.5. The van der Waals surface area contributed by atoms with Crippen molar-refractivity contribution in [2.24, 2.45) is 5.92 Å².